The highest BCUT2D eigenvalue weighted by molar-refractivity contribution is 6.31. The fraction of sp³-hybridized carbons (Fsp3) is 0. The zero-order valence-corrected chi connectivity index (χ0v) is 10.3. The largest absolute Gasteiger partial charge is 0.399 e. The maximum Gasteiger partial charge on any atom is 0.295 e. The molecule has 0 aliphatic carbocycles. The topological polar surface area (TPSA) is 81.2 Å². The van der Waals surface area contributed by atoms with Crippen molar-refractivity contribution in [3.05, 3.63) is 57.4 Å². The molecule has 0 radical (unpaired) electrons. The Morgan fingerprint density at radius 1 is 1.26 bits per heavy atom. The van der Waals surface area contributed by atoms with Gasteiger partial charge in [0.1, 0.15) is 11.5 Å². The van der Waals surface area contributed by atoms with E-state index in [9.17, 15) is 14.5 Å². The van der Waals surface area contributed by atoms with Crippen molar-refractivity contribution in [3.8, 4) is 0 Å². The molecule has 2 aromatic rings. The molecule has 0 saturated heterocycles. The van der Waals surface area contributed by atoms with Gasteiger partial charge in [-0.3, -0.25) is 10.1 Å². The second-order valence-corrected chi connectivity index (χ2v) is 4.19. The van der Waals surface area contributed by atoms with Gasteiger partial charge in [-0.05, 0) is 30.3 Å². The van der Waals surface area contributed by atoms with Crippen LogP contribution >= 0.6 is 11.6 Å². The van der Waals surface area contributed by atoms with Crippen molar-refractivity contribution in [3.63, 3.8) is 0 Å². The molecule has 0 atom stereocenters. The third-order valence-electron chi connectivity index (χ3n) is 2.42. The van der Waals surface area contributed by atoms with Crippen LogP contribution in [0.5, 0.6) is 0 Å². The van der Waals surface area contributed by atoms with Gasteiger partial charge in [0, 0.05) is 11.4 Å². The van der Waals surface area contributed by atoms with Crippen LogP contribution in [0.15, 0.2) is 36.4 Å². The van der Waals surface area contributed by atoms with Gasteiger partial charge in [0.2, 0.25) is 0 Å². The molecular formula is C12H9ClFN3O2. The maximum absolute atomic E-state index is 13.2. The van der Waals surface area contributed by atoms with Crippen molar-refractivity contribution in [1.82, 2.24) is 0 Å². The predicted molar refractivity (Wildman–Crippen MR) is 72.2 cm³/mol. The lowest BCUT2D eigenvalue weighted by Crippen LogP contribution is -1.98. The maximum atomic E-state index is 13.2. The molecule has 0 saturated carbocycles. The number of halogens is 2. The minimum absolute atomic E-state index is 0.112. The smallest absolute Gasteiger partial charge is 0.295 e. The second-order valence-electron chi connectivity index (χ2n) is 3.79. The summed E-state index contributed by atoms with van der Waals surface area (Å²) < 4.78 is 13.2. The van der Waals surface area contributed by atoms with Gasteiger partial charge in [0.15, 0.2) is 0 Å². The van der Waals surface area contributed by atoms with Gasteiger partial charge in [0.25, 0.3) is 5.69 Å². The Hall–Kier alpha value is -2.34. The number of rotatable bonds is 3. The number of nitrogens with one attached hydrogen (secondary N) is 1. The number of nitro groups is 1. The summed E-state index contributed by atoms with van der Waals surface area (Å²) in [5.74, 6) is -0.837. The number of benzene rings is 2. The molecule has 0 bridgehead atoms. The SMILES string of the molecule is Nc1ccc(Nc2cc(Cl)c(F)cc2[N+](=O)[O-])cc1. The standard InChI is InChI=1S/C12H9ClFN3O2/c13-9-5-11(12(17(18)19)6-10(9)14)16-8-3-1-7(15)2-4-8/h1-6,16H,15H2. The van der Waals surface area contributed by atoms with E-state index in [0.29, 0.717) is 11.4 Å². The van der Waals surface area contributed by atoms with Crippen molar-refractivity contribution >= 4 is 34.4 Å². The molecule has 0 aliphatic rings. The third-order valence-corrected chi connectivity index (χ3v) is 2.71. The molecular weight excluding hydrogens is 273 g/mol. The van der Waals surface area contributed by atoms with E-state index in [0.717, 1.165) is 6.07 Å². The van der Waals surface area contributed by atoms with Gasteiger partial charge in [0.05, 0.1) is 16.0 Å². The highest BCUT2D eigenvalue weighted by Gasteiger charge is 2.17. The summed E-state index contributed by atoms with van der Waals surface area (Å²) in [6, 6.07) is 8.53. The van der Waals surface area contributed by atoms with E-state index in [2.05, 4.69) is 5.32 Å². The molecule has 19 heavy (non-hydrogen) atoms. The zero-order chi connectivity index (χ0) is 14.0. The lowest BCUT2D eigenvalue weighted by Gasteiger charge is -2.08. The van der Waals surface area contributed by atoms with Crippen LogP contribution in [0.2, 0.25) is 5.02 Å². The number of nitrogen functional groups attached to an aromatic ring is 1. The van der Waals surface area contributed by atoms with Crippen molar-refractivity contribution in [2.24, 2.45) is 0 Å². The molecule has 0 spiro atoms. The number of anilines is 3. The van der Waals surface area contributed by atoms with Gasteiger partial charge in [-0.15, -0.1) is 0 Å². The third kappa shape index (κ3) is 2.92. The molecule has 0 heterocycles. The summed E-state index contributed by atoms with van der Waals surface area (Å²) in [7, 11) is 0. The van der Waals surface area contributed by atoms with Crippen LogP contribution in [0.3, 0.4) is 0 Å². The van der Waals surface area contributed by atoms with Gasteiger partial charge in [-0.2, -0.15) is 0 Å². The predicted octanol–water partition coefficient (Wildman–Crippen LogP) is 3.71. The molecule has 98 valence electrons. The highest BCUT2D eigenvalue weighted by Crippen LogP contribution is 2.32. The summed E-state index contributed by atoms with van der Waals surface area (Å²) in [6.45, 7) is 0. The number of nitro benzene ring substituents is 1. The lowest BCUT2D eigenvalue weighted by atomic mass is 10.2. The Bertz CT molecular complexity index is 632. The summed E-state index contributed by atoms with van der Waals surface area (Å²) in [5, 5.41) is 13.5. The molecule has 7 heteroatoms. The van der Waals surface area contributed by atoms with Crippen LogP contribution in [0.1, 0.15) is 0 Å². The number of hydrogen-bond acceptors (Lipinski definition) is 4. The van der Waals surface area contributed by atoms with E-state index in [1.165, 1.54) is 6.07 Å². The van der Waals surface area contributed by atoms with Crippen LogP contribution in [-0.4, -0.2) is 4.92 Å². The first kappa shape index (κ1) is 13.1. The average molecular weight is 282 g/mol. The monoisotopic (exact) mass is 281 g/mol. The number of nitrogens with zero attached hydrogens (tertiary/aromatic N) is 1. The fourth-order valence-electron chi connectivity index (χ4n) is 1.51. The van der Waals surface area contributed by atoms with Crippen molar-refractivity contribution in [2.45, 2.75) is 0 Å². The molecule has 0 aromatic heterocycles. The molecule has 2 aromatic carbocycles. The van der Waals surface area contributed by atoms with Crippen LogP contribution in [-0.2, 0) is 0 Å². The molecule has 5 nitrogen and oxygen atoms in total. The Morgan fingerprint density at radius 2 is 1.89 bits per heavy atom. The van der Waals surface area contributed by atoms with Crippen LogP contribution in [0.4, 0.5) is 27.1 Å². The zero-order valence-electron chi connectivity index (χ0n) is 9.56. The van der Waals surface area contributed by atoms with E-state index in [1.54, 1.807) is 24.3 Å². The molecule has 0 unspecified atom stereocenters. The van der Waals surface area contributed by atoms with Gasteiger partial charge < -0.3 is 11.1 Å². The van der Waals surface area contributed by atoms with Crippen LogP contribution < -0.4 is 11.1 Å². The normalized spacial score (nSPS) is 10.2. The number of nitrogens with two attached hydrogens (primary N) is 1. The first-order chi connectivity index (χ1) is 8.97. The Labute approximate surface area is 113 Å². The van der Waals surface area contributed by atoms with Gasteiger partial charge >= 0.3 is 0 Å². The first-order valence-corrected chi connectivity index (χ1v) is 5.61. The fourth-order valence-corrected chi connectivity index (χ4v) is 1.67. The Kier molecular flexibility index (Phi) is 3.52. The van der Waals surface area contributed by atoms with Gasteiger partial charge in [-0.1, -0.05) is 11.6 Å². The molecule has 2 rings (SSSR count). The summed E-state index contributed by atoms with van der Waals surface area (Å²) in [4.78, 5) is 10.2. The van der Waals surface area contributed by atoms with Crippen molar-refractivity contribution in [1.29, 1.82) is 0 Å². The van der Waals surface area contributed by atoms with Crippen LogP contribution in [0, 0.1) is 15.9 Å². The van der Waals surface area contributed by atoms with E-state index in [4.69, 9.17) is 17.3 Å². The number of hydrogen-bond donors (Lipinski definition) is 2. The minimum Gasteiger partial charge on any atom is -0.399 e. The quantitative estimate of drug-likeness (QED) is 0.510. The molecule has 3 N–H and O–H groups in total. The van der Waals surface area contributed by atoms with E-state index >= 15 is 0 Å². The Balaban J connectivity index is 2.41. The van der Waals surface area contributed by atoms with E-state index in [-0.39, 0.29) is 10.7 Å². The van der Waals surface area contributed by atoms with Crippen molar-refractivity contribution in [2.75, 3.05) is 11.1 Å². The van der Waals surface area contributed by atoms with Crippen LogP contribution in [0.25, 0.3) is 0 Å². The van der Waals surface area contributed by atoms with Gasteiger partial charge in [-0.25, -0.2) is 4.39 Å². The first-order valence-electron chi connectivity index (χ1n) is 5.23. The lowest BCUT2D eigenvalue weighted by molar-refractivity contribution is -0.384. The average Bonchev–Trinajstić information content (AvgIpc) is 2.36. The summed E-state index contributed by atoms with van der Waals surface area (Å²) in [5.41, 5.74) is 6.41. The highest BCUT2D eigenvalue weighted by atomic mass is 35.5. The molecule has 0 aliphatic heterocycles. The summed E-state index contributed by atoms with van der Waals surface area (Å²) >= 11 is 5.62. The molecule has 0 amide bonds. The van der Waals surface area contributed by atoms with Crippen molar-refractivity contribution < 1.29 is 9.31 Å². The van der Waals surface area contributed by atoms with E-state index < -0.39 is 16.4 Å². The second kappa shape index (κ2) is 5.11. The minimum atomic E-state index is -0.837. The summed E-state index contributed by atoms with van der Waals surface area (Å²) in [6.07, 6.45) is 0. The molecule has 0 fully saturated rings. The Morgan fingerprint density at radius 3 is 2.47 bits per heavy atom. The van der Waals surface area contributed by atoms with E-state index in [1.807, 2.05) is 0 Å².